The Morgan fingerprint density at radius 3 is 2.58 bits per heavy atom. The smallest absolute Gasteiger partial charge is 0.407 e. The summed E-state index contributed by atoms with van der Waals surface area (Å²) < 4.78 is 6.08. The molecule has 0 aliphatic carbocycles. The van der Waals surface area contributed by atoms with Crippen LogP contribution in [0.3, 0.4) is 0 Å². The van der Waals surface area contributed by atoms with Gasteiger partial charge in [0.25, 0.3) is 0 Å². The van der Waals surface area contributed by atoms with Gasteiger partial charge in [0.1, 0.15) is 6.10 Å². The molecule has 160 valence electrons. The van der Waals surface area contributed by atoms with Crippen molar-refractivity contribution in [1.29, 1.82) is 0 Å². The number of rotatable bonds is 5. The predicted molar refractivity (Wildman–Crippen MR) is 115 cm³/mol. The fraction of sp³-hybridized carbons (Fsp3) is 0.348. The molecule has 2 unspecified atom stereocenters. The van der Waals surface area contributed by atoms with E-state index in [1.54, 1.807) is 24.8 Å². The number of amides is 1. The molecule has 8 nitrogen and oxygen atoms in total. The lowest BCUT2D eigenvalue weighted by atomic mass is 9.84. The van der Waals surface area contributed by atoms with Gasteiger partial charge in [0, 0.05) is 12.1 Å². The summed E-state index contributed by atoms with van der Waals surface area (Å²) in [4.78, 5) is 22.1. The maximum Gasteiger partial charge on any atom is 0.407 e. The predicted octanol–water partition coefficient (Wildman–Crippen LogP) is 4.14. The Morgan fingerprint density at radius 2 is 1.94 bits per heavy atom. The lowest BCUT2D eigenvalue weighted by Crippen LogP contribution is -2.43. The first-order chi connectivity index (χ1) is 15.0. The standard InChI is InChI=1S/C23H25N5O3/c1-15-3-5-17(6-4-15)21-11-18(8-10-28(21)23(29)30)16(2)31-22-14-24-20(13-25-22)19-7-9-26-27-12-19/h3-7,9,12-14,16,18,21H,8,10-11H2,1-2H3,(H,29,30)/t16-,18?,21?/m0/s1. The number of likely N-dealkylation sites (tertiary alicyclic amines) is 1. The summed E-state index contributed by atoms with van der Waals surface area (Å²) in [5.41, 5.74) is 3.70. The van der Waals surface area contributed by atoms with Gasteiger partial charge in [-0.05, 0) is 44.2 Å². The maximum absolute atomic E-state index is 11.8. The number of carbonyl (C=O) groups is 1. The number of aromatic nitrogens is 4. The number of carboxylic acid groups (broad SMARTS) is 1. The van der Waals surface area contributed by atoms with Crippen molar-refractivity contribution in [2.24, 2.45) is 5.92 Å². The molecule has 1 N–H and O–H groups in total. The van der Waals surface area contributed by atoms with Crippen LogP contribution < -0.4 is 4.74 Å². The Hall–Kier alpha value is -3.55. The van der Waals surface area contributed by atoms with Crippen molar-refractivity contribution in [2.45, 2.75) is 38.8 Å². The minimum atomic E-state index is -0.885. The van der Waals surface area contributed by atoms with Crippen LogP contribution in [0.4, 0.5) is 4.79 Å². The summed E-state index contributed by atoms with van der Waals surface area (Å²) in [7, 11) is 0. The van der Waals surface area contributed by atoms with Crippen LogP contribution in [0, 0.1) is 12.8 Å². The molecule has 31 heavy (non-hydrogen) atoms. The molecule has 2 aromatic heterocycles. The van der Waals surface area contributed by atoms with Crippen LogP contribution in [-0.2, 0) is 0 Å². The Kier molecular flexibility index (Phi) is 6.06. The first kappa shape index (κ1) is 20.7. The maximum atomic E-state index is 11.8. The molecule has 1 aliphatic heterocycles. The average molecular weight is 419 g/mol. The molecule has 1 aliphatic rings. The van der Waals surface area contributed by atoms with Crippen molar-refractivity contribution >= 4 is 6.09 Å². The highest BCUT2D eigenvalue weighted by molar-refractivity contribution is 5.66. The second kappa shape index (κ2) is 9.07. The molecule has 1 fully saturated rings. The zero-order valence-corrected chi connectivity index (χ0v) is 17.5. The summed E-state index contributed by atoms with van der Waals surface area (Å²) >= 11 is 0. The molecule has 1 saturated heterocycles. The molecule has 1 aromatic carbocycles. The van der Waals surface area contributed by atoms with Gasteiger partial charge in [-0.15, -0.1) is 0 Å². The molecule has 1 amide bonds. The normalized spacial score (nSPS) is 19.6. The van der Waals surface area contributed by atoms with Gasteiger partial charge >= 0.3 is 6.09 Å². The van der Waals surface area contributed by atoms with Crippen molar-refractivity contribution in [1.82, 2.24) is 25.1 Å². The van der Waals surface area contributed by atoms with Crippen LogP contribution in [0.5, 0.6) is 5.88 Å². The van der Waals surface area contributed by atoms with Crippen molar-refractivity contribution in [3.8, 4) is 17.1 Å². The first-order valence-corrected chi connectivity index (χ1v) is 10.3. The lowest BCUT2D eigenvalue weighted by molar-refractivity contribution is 0.0482. The SMILES string of the molecule is Cc1ccc(C2CC([C@H](C)Oc3cnc(-c4ccnnc4)cn3)CCN2C(=O)O)cc1. The van der Waals surface area contributed by atoms with Crippen LogP contribution >= 0.6 is 0 Å². The van der Waals surface area contributed by atoms with Gasteiger partial charge < -0.3 is 14.7 Å². The highest BCUT2D eigenvalue weighted by Crippen LogP contribution is 2.36. The highest BCUT2D eigenvalue weighted by Gasteiger charge is 2.35. The van der Waals surface area contributed by atoms with E-state index >= 15 is 0 Å². The fourth-order valence-corrected chi connectivity index (χ4v) is 4.01. The van der Waals surface area contributed by atoms with Gasteiger partial charge in [0.15, 0.2) is 0 Å². The minimum Gasteiger partial charge on any atom is -0.473 e. The summed E-state index contributed by atoms with van der Waals surface area (Å²) in [5, 5.41) is 17.3. The summed E-state index contributed by atoms with van der Waals surface area (Å²) in [6, 6.07) is 9.71. The molecule has 0 spiro atoms. The Labute approximate surface area is 181 Å². The van der Waals surface area contributed by atoms with Crippen molar-refractivity contribution in [2.75, 3.05) is 6.54 Å². The molecule has 4 rings (SSSR count). The third-order valence-electron chi connectivity index (χ3n) is 5.83. The van der Waals surface area contributed by atoms with E-state index in [1.807, 2.05) is 44.2 Å². The second-order valence-corrected chi connectivity index (χ2v) is 7.88. The molecule has 3 atom stereocenters. The van der Waals surface area contributed by atoms with Gasteiger partial charge in [0.2, 0.25) is 5.88 Å². The quantitative estimate of drug-likeness (QED) is 0.663. The van der Waals surface area contributed by atoms with Gasteiger partial charge in [0.05, 0.1) is 36.5 Å². The van der Waals surface area contributed by atoms with Crippen molar-refractivity contribution < 1.29 is 14.6 Å². The number of benzene rings is 1. The molecular weight excluding hydrogens is 394 g/mol. The third-order valence-corrected chi connectivity index (χ3v) is 5.83. The number of nitrogens with zero attached hydrogens (tertiary/aromatic N) is 5. The topological polar surface area (TPSA) is 101 Å². The highest BCUT2D eigenvalue weighted by atomic mass is 16.5. The minimum absolute atomic E-state index is 0.119. The van der Waals surface area contributed by atoms with Crippen molar-refractivity contribution in [3.05, 3.63) is 66.2 Å². The van der Waals surface area contributed by atoms with E-state index in [0.717, 1.165) is 23.1 Å². The molecule has 0 saturated carbocycles. The Morgan fingerprint density at radius 1 is 1.13 bits per heavy atom. The van der Waals surface area contributed by atoms with E-state index in [9.17, 15) is 9.90 Å². The molecule has 8 heteroatoms. The number of hydrogen-bond acceptors (Lipinski definition) is 6. The number of ether oxygens (including phenoxy) is 1. The largest absolute Gasteiger partial charge is 0.473 e. The lowest BCUT2D eigenvalue weighted by Gasteiger charge is -2.40. The molecule has 3 aromatic rings. The summed E-state index contributed by atoms with van der Waals surface area (Å²) in [6.07, 6.45) is 6.94. The van der Waals surface area contributed by atoms with E-state index in [-0.39, 0.29) is 18.1 Å². The molecule has 3 heterocycles. The summed E-state index contributed by atoms with van der Waals surface area (Å²) in [6.45, 7) is 4.51. The molecule has 0 radical (unpaired) electrons. The van der Waals surface area contributed by atoms with Crippen molar-refractivity contribution in [3.63, 3.8) is 0 Å². The third kappa shape index (κ3) is 4.79. The van der Waals surface area contributed by atoms with E-state index in [2.05, 4.69) is 20.2 Å². The zero-order valence-electron chi connectivity index (χ0n) is 17.5. The van der Waals surface area contributed by atoms with Crippen LogP contribution in [0.25, 0.3) is 11.3 Å². The van der Waals surface area contributed by atoms with Gasteiger partial charge in [-0.2, -0.15) is 10.2 Å². The number of piperidine rings is 1. The zero-order chi connectivity index (χ0) is 21.8. The Bertz CT molecular complexity index is 1010. The van der Waals surface area contributed by atoms with E-state index < -0.39 is 6.09 Å². The van der Waals surface area contributed by atoms with Gasteiger partial charge in [-0.3, -0.25) is 0 Å². The van der Waals surface area contributed by atoms with Gasteiger partial charge in [-0.1, -0.05) is 29.8 Å². The van der Waals surface area contributed by atoms with Crippen LogP contribution in [-0.4, -0.2) is 48.9 Å². The van der Waals surface area contributed by atoms with Crippen LogP contribution in [0.15, 0.2) is 55.1 Å². The first-order valence-electron chi connectivity index (χ1n) is 10.3. The molecule has 0 bridgehead atoms. The summed E-state index contributed by atoms with van der Waals surface area (Å²) in [5.74, 6) is 0.651. The van der Waals surface area contributed by atoms with E-state index in [0.29, 0.717) is 24.5 Å². The van der Waals surface area contributed by atoms with Crippen LogP contribution in [0.1, 0.15) is 36.9 Å². The van der Waals surface area contributed by atoms with E-state index in [4.69, 9.17) is 4.74 Å². The Balaban J connectivity index is 1.45. The van der Waals surface area contributed by atoms with E-state index in [1.165, 1.54) is 4.90 Å². The monoisotopic (exact) mass is 419 g/mol. The fourth-order valence-electron chi connectivity index (χ4n) is 4.01. The second-order valence-electron chi connectivity index (χ2n) is 7.88. The van der Waals surface area contributed by atoms with Gasteiger partial charge in [-0.25, -0.2) is 14.8 Å². The number of aryl methyl sites for hydroxylation is 1. The van der Waals surface area contributed by atoms with Crippen LogP contribution in [0.2, 0.25) is 0 Å². The molecular formula is C23H25N5O3. The number of hydrogen-bond donors (Lipinski definition) is 1. The average Bonchev–Trinajstić information content (AvgIpc) is 2.80.